The van der Waals surface area contributed by atoms with Crippen molar-refractivity contribution >= 4 is 11.6 Å². The number of rotatable bonds is 6. The molecule has 1 rings (SSSR count). The Kier molecular flexibility index (Phi) is 5.51. The molecule has 0 heterocycles. The predicted molar refractivity (Wildman–Crippen MR) is 64.8 cm³/mol. The summed E-state index contributed by atoms with van der Waals surface area (Å²) < 4.78 is 5.59. The van der Waals surface area contributed by atoms with E-state index >= 15 is 0 Å². The van der Waals surface area contributed by atoms with E-state index in [1.165, 1.54) is 0 Å². The summed E-state index contributed by atoms with van der Waals surface area (Å²) in [5, 5.41) is 4.04. The largest absolute Gasteiger partial charge is 0.494 e. The van der Waals surface area contributed by atoms with Crippen LogP contribution in [0.1, 0.15) is 18.9 Å². The van der Waals surface area contributed by atoms with Gasteiger partial charge in [0, 0.05) is 5.02 Å². The normalized spacial score (nSPS) is 10.3. The maximum Gasteiger partial charge on any atom is 0.119 e. The van der Waals surface area contributed by atoms with Crippen molar-refractivity contribution in [1.29, 1.82) is 0 Å². The van der Waals surface area contributed by atoms with Crippen LogP contribution in [-0.2, 0) is 0 Å². The van der Waals surface area contributed by atoms with Crippen molar-refractivity contribution in [1.82, 2.24) is 5.32 Å². The quantitative estimate of drug-likeness (QED) is 0.755. The molecule has 0 radical (unpaired) electrons. The molecule has 0 unspecified atom stereocenters. The van der Waals surface area contributed by atoms with Gasteiger partial charge in [-0.05, 0) is 50.2 Å². The van der Waals surface area contributed by atoms with Gasteiger partial charge in [0.25, 0.3) is 0 Å². The average molecular weight is 228 g/mol. The van der Waals surface area contributed by atoms with Crippen LogP contribution in [0.25, 0.3) is 0 Å². The van der Waals surface area contributed by atoms with E-state index in [1.54, 1.807) is 0 Å². The van der Waals surface area contributed by atoms with E-state index < -0.39 is 0 Å². The Labute approximate surface area is 96.6 Å². The summed E-state index contributed by atoms with van der Waals surface area (Å²) in [6.45, 7) is 6.84. The first-order valence-electron chi connectivity index (χ1n) is 5.33. The Bertz CT molecular complexity index is 302. The van der Waals surface area contributed by atoms with E-state index in [4.69, 9.17) is 16.3 Å². The number of benzene rings is 1. The number of nitrogens with one attached hydrogen (secondary N) is 1. The van der Waals surface area contributed by atoms with Crippen LogP contribution in [0.2, 0.25) is 5.02 Å². The highest BCUT2D eigenvalue weighted by atomic mass is 35.5. The molecular weight excluding hydrogens is 210 g/mol. The molecule has 0 aromatic heterocycles. The summed E-state index contributed by atoms with van der Waals surface area (Å²) in [5.74, 6) is 0.897. The summed E-state index contributed by atoms with van der Waals surface area (Å²) in [6, 6.07) is 5.74. The Balaban J connectivity index is 2.28. The van der Waals surface area contributed by atoms with Gasteiger partial charge >= 0.3 is 0 Å². The lowest BCUT2D eigenvalue weighted by atomic mass is 10.2. The zero-order valence-electron chi connectivity index (χ0n) is 9.35. The molecule has 0 atom stereocenters. The minimum atomic E-state index is 0.744. The fourth-order valence-corrected chi connectivity index (χ4v) is 1.39. The third kappa shape index (κ3) is 4.54. The van der Waals surface area contributed by atoms with Gasteiger partial charge in [-0.25, -0.2) is 0 Å². The van der Waals surface area contributed by atoms with Crippen molar-refractivity contribution in [3.63, 3.8) is 0 Å². The van der Waals surface area contributed by atoms with Crippen LogP contribution in [0, 0.1) is 6.92 Å². The minimum absolute atomic E-state index is 0.744. The Morgan fingerprint density at radius 1 is 1.40 bits per heavy atom. The molecule has 0 amide bonds. The van der Waals surface area contributed by atoms with Crippen LogP contribution in [0.15, 0.2) is 18.2 Å². The smallest absolute Gasteiger partial charge is 0.119 e. The van der Waals surface area contributed by atoms with E-state index in [0.717, 1.165) is 42.5 Å². The van der Waals surface area contributed by atoms with E-state index in [2.05, 4.69) is 12.2 Å². The maximum atomic E-state index is 5.92. The maximum absolute atomic E-state index is 5.92. The van der Waals surface area contributed by atoms with Crippen molar-refractivity contribution in [3.8, 4) is 5.75 Å². The number of hydrogen-bond donors (Lipinski definition) is 1. The molecule has 1 aromatic carbocycles. The van der Waals surface area contributed by atoms with Crippen LogP contribution in [0.3, 0.4) is 0 Å². The molecule has 0 aliphatic rings. The van der Waals surface area contributed by atoms with Gasteiger partial charge in [-0.3, -0.25) is 0 Å². The van der Waals surface area contributed by atoms with Gasteiger partial charge in [0.2, 0.25) is 0 Å². The minimum Gasteiger partial charge on any atom is -0.494 e. The lowest BCUT2D eigenvalue weighted by Gasteiger charge is -2.07. The van der Waals surface area contributed by atoms with Crippen molar-refractivity contribution in [3.05, 3.63) is 28.8 Å². The second-order valence-electron chi connectivity index (χ2n) is 3.47. The predicted octanol–water partition coefficient (Wildman–Crippen LogP) is 3.03. The van der Waals surface area contributed by atoms with Gasteiger partial charge in [0.15, 0.2) is 0 Å². The highest BCUT2D eigenvalue weighted by Gasteiger charge is 1.97. The SMILES string of the molecule is CCNCCCOc1ccc(Cl)c(C)c1. The van der Waals surface area contributed by atoms with Crippen LogP contribution >= 0.6 is 11.6 Å². The van der Waals surface area contributed by atoms with Crippen molar-refractivity contribution in [2.24, 2.45) is 0 Å². The molecule has 0 fully saturated rings. The van der Waals surface area contributed by atoms with Gasteiger partial charge in [-0.1, -0.05) is 18.5 Å². The number of halogens is 1. The molecule has 0 bridgehead atoms. The second kappa shape index (κ2) is 6.70. The molecule has 1 N–H and O–H groups in total. The first kappa shape index (κ1) is 12.3. The first-order valence-corrected chi connectivity index (χ1v) is 5.71. The summed E-state index contributed by atoms with van der Waals surface area (Å²) >= 11 is 5.92. The topological polar surface area (TPSA) is 21.3 Å². The zero-order chi connectivity index (χ0) is 11.1. The molecule has 0 spiro atoms. The second-order valence-corrected chi connectivity index (χ2v) is 3.87. The van der Waals surface area contributed by atoms with Crippen LogP contribution in [0.5, 0.6) is 5.75 Å². The van der Waals surface area contributed by atoms with Crippen molar-refractivity contribution < 1.29 is 4.74 Å². The molecule has 1 aromatic rings. The van der Waals surface area contributed by atoms with Gasteiger partial charge in [-0.15, -0.1) is 0 Å². The van der Waals surface area contributed by atoms with Crippen LogP contribution in [0.4, 0.5) is 0 Å². The van der Waals surface area contributed by atoms with Crippen LogP contribution < -0.4 is 10.1 Å². The van der Waals surface area contributed by atoms with Gasteiger partial charge < -0.3 is 10.1 Å². The summed E-state index contributed by atoms with van der Waals surface area (Å²) in [6.07, 6.45) is 1.02. The molecule has 3 heteroatoms. The molecule has 84 valence electrons. The Hall–Kier alpha value is -0.730. The number of ether oxygens (including phenoxy) is 1. The Morgan fingerprint density at radius 3 is 2.87 bits per heavy atom. The third-order valence-corrected chi connectivity index (χ3v) is 2.57. The van der Waals surface area contributed by atoms with Gasteiger partial charge in [0.1, 0.15) is 5.75 Å². The molecule has 2 nitrogen and oxygen atoms in total. The van der Waals surface area contributed by atoms with Crippen molar-refractivity contribution in [2.75, 3.05) is 19.7 Å². The van der Waals surface area contributed by atoms with E-state index in [-0.39, 0.29) is 0 Å². The fourth-order valence-electron chi connectivity index (χ4n) is 1.27. The Morgan fingerprint density at radius 2 is 2.20 bits per heavy atom. The van der Waals surface area contributed by atoms with E-state index in [1.807, 2.05) is 25.1 Å². The van der Waals surface area contributed by atoms with E-state index in [9.17, 15) is 0 Å². The number of hydrogen-bond acceptors (Lipinski definition) is 2. The average Bonchev–Trinajstić information content (AvgIpc) is 2.23. The fraction of sp³-hybridized carbons (Fsp3) is 0.500. The lowest BCUT2D eigenvalue weighted by molar-refractivity contribution is 0.308. The highest BCUT2D eigenvalue weighted by Crippen LogP contribution is 2.20. The zero-order valence-corrected chi connectivity index (χ0v) is 10.1. The van der Waals surface area contributed by atoms with Crippen molar-refractivity contribution in [2.45, 2.75) is 20.3 Å². The van der Waals surface area contributed by atoms with E-state index in [0.29, 0.717) is 0 Å². The highest BCUT2D eigenvalue weighted by molar-refractivity contribution is 6.31. The summed E-state index contributed by atoms with van der Waals surface area (Å²) in [5.41, 5.74) is 1.06. The molecule has 0 saturated heterocycles. The summed E-state index contributed by atoms with van der Waals surface area (Å²) in [4.78, 5) is 0. The molecule has 0 aliphatic heterocycles. The molecule has 0 saturated carbocycles. The molecular formula is C12H18ClNO. The van der Waals surface area contributed by atoms with Gasteiger partial charge in [0.05, 0.1) is 6.61 Å². The molecule has 15 heavy (non-hydrogen) atoms. The third-order valence-electron chi connectivity index (χ3n) is 2.15. The van der Waals surface area contributed by atoms with Gasteiger partial charge in [-0.2, -0.15) is 0 Å². The summed E-state index contributed by atoms with van der Waals surface area (Å²) in [7, 11) is 0. The monoisotopic (exact) mass is 227 g/mol. The lowest BCUT2D eigenvalue weighted by Crippen LogP contribution is -2.16. The standard InChI is InChI=1S/C12H18ClNO/c1-3-14-7-4-8-15-11-5-6-12(13)10(2)9-11/h5-6,9,14H,3-4,7-8H2,1-2H3. The molecule has 0 aliphatic carbocycles. The van der Waals surface area contributed by atoms with Crippen LogP contribution in [-0.4, -0.2) is 19.7 Å². The number of aryl methyl sites for hydroxylation is 1. The first-order chi connectivity index (χ1) is 7.24.